The van der Waals surface area contributed by atoms with E-state index >= 15 is 0 Å². The average Bonchev–Trinajstić information content (AvgIpc) is 3.44. The molecule has 0 aliphatic carbocycles. The van der Waals surface area contributed by atoms with Crippen LogP contribution in [0, 0.1) is 17.8 Å². The van der Waals surface area contributed by atoms with Gasteiger partial charge in [0.1, 0.15) is 0 Å². The molecule has 3 aromatic heterocycles. The Labute approximate surface area is 210 Å². The molecular weight excluding hydrogens is 451 g/mol. The summed E-state index contributed by atoms with van der Waals surface area (Å²) in [6.45, 7) is 20.0. The third kappa shape index (κ3) is 9.18. The Morgan fingerprint density at radius 1 is 0.636 bits per heavy atom. The minimum Gasteiger partial charge on any atom is -0.227 e. The van der Waals surface area contributed by atoms with E-state index in [4.69, 9.17) is 15.3 Å². The van der Waals surface area contributed by atoms with E-state index in [9.17, 15) is 0 Å². The van der Waals surface area contributed by atoms with Gasteiger partial charge < -0.3 is 0 Å². The summed E-state index contributed by atoms with van der Waals surface area (Å²) in [5, 5.41) is 14.5. The molecule has 0 bridgehead atoms. The summed E-state index contributed by atoms with van der Waals surface area (Å²) >= 11 is 0. The van der Waals surface area contributed by atoms with Gasteiger partial charge in [-0.3, -0.25) is 0 Å². The molecule has 181 valence electrons. The number of allylic oxidation sites excluding steroid dienone is 2. The van der Waals surface area contributed by atoms with Crippen molar-refractivity contribution in [2.75, 3.05) is 0 Å². The van der Waals surface area contributed by atoms with Crippen LogP contribution in [0.1, 0.15) is 64.9 Å². The Morgan fingerprint density at radius 2 is 0.909 bits per heavy atom. The predicted octanol–water partition coefficient (Wildman–Crippen LogP) is 5.78. The molecule has 0 atom stereocenters. The van der Waals surface area contributed by atoms with E-state index in [2.05, 4.69) is 72.9 Å². The first-order valence-corrected chi connectivity index (χ1v) is 11.6. The van der Waals surface area contributed by atoms with Gasteiger partial charge in [0.25, 0.3) is 0 Å². The summed E-state index contributed by atoms with van der Waals surface area (Å²) in [5.74, 6) is 1.73. The van der Waals surface area contributed by atoms with E-state index in [1.165, 1.54) is 0 Å². The Hall–Kier alpha value is -2.37. The van der Waals surface area contributed by atoms with Gasteiger partial charge in [-0.1, -0.05) is 66.9 Å². The maximum absolute atomic E-state index is 4.84. The van der Waals surface area contributed by atoms with E-state index in [-0.39, 0.29) is 23.4 Å². The van der Waals surface area contributed by atoms with Gasteiger partial charge in [-0.25, -0.2) is 14.0 Å². The fourth-order valence-electron chi connectivity index (χ4n) is 3.46. The van der Waals surface area contributed by atoms with Crippen LogP contribution < -0.4 is 0 Å². The Bertz CT molecular complexity index is 842. The van der Waals surface area contributed by atoms with Crippen molar-refractivity contribution < 1.29 is 17.1 Å². The van der Waals surface area contributed by atoms with Gasteiger partial charge in [0, 0.05) is 35.7 Å². The molecule has 0 spiro atoms. The van der Waals surface area contributed by atoms with Crippen molar-refractivity contribution in [3.05, 3.63) is 79.2 Å². The van der Waals surface area contributed by atoms with Crippen molar-refractivity contribution in [1.82, 2.24) is 29.3 Å². The molecular formula is C26H40MnN6. The number of rotatable bonds is 10. The van der Waals surface area contributed by atoms with Crippen LogP contribution in [-0.2, 0) is 36.3 Å². The van der Waals surface area contributed by atoms with Crippen LogP contribution >= 0.6 is 0 Å². The second-order valence-corrected chi connectivity index (χ2v) is 9.47. The zero-order valence-electron chi connectivity index (χ0n) is 21.0. The quantitative estimate of drug-likeness (QED) is 0.267. The van der Waals surface area contributed by atoms with E-state index in [0.29, 0.717) is 17.8 Å². The number of hydrogen-bond donors (Lipinski definition) is 0. The normalized spacial score (nSPS) is 11.0. The van der Waals surface area contributed by atoms with Crippen molar-refractivity contribution in [2.24, 2.45) is 17.8 Å². The van der Waals surface area contributed by atoms with Gasteiger partial charge in [-0.2, -0.15) is 15.3 Å². The molecule has 0 aliphatic rings. The number of nitrogens with zero attached hydrogens (tertiary/aromatic N) is 6. The Morgan fingerprint density at radius 3 is 1.12 bits per heavy atom. The van der Waals surface area contributed by atoms with Crippen molar-refractivity contribution in [2.45, 2.75) is 67.1 Å². The Balaban J connectivity index is 0.00000101. The summed E-state index contributed by atoms with van der Waals surface area (Å²) in [4.78, 5) is 0. The molecule has 0 saturated carbocycles. The number of hydrogen-bond acceptors (Lipinski definition) is 3. The molecule has 3 heterocycles. The summed E-state index contributed by atoms with van der Waals surface area (Å²) in [6, 6.07) is 6.30. The fourth-order valence-corrected chi connectivity index (χ4v) is 3.46. The van der Waals surface area contributed by atoms with Gasteiger partial charge in [-0.15, -0.1) is 0 Å². The first-order valence-electron chi connectivity index (χ1n) is 11.6. The van der Waals surface area contributed by atoms with E-state index in [0.717, 1.165) is 36.3 Å². The molecule has 0 fully saturated rings. The van der Waals surface area contributed by atoms with Crippen LogP contribution in [0.5, 0.6) is 0 Å². The minimum absolute atomic E-state index is 0. The molecule has 0 amide bonds. The van der Waals surface area contributed by atoms with Crippen LogP contribution in [0.25, 0.3) is 0 Å². The topological polar surface area (TPSA) is 53.5 Å². The summed E-state index contributed by atoms with van der Waals surface area (Å²) in [6.07, 6.45) is 12.1. The van der Waals surface area contributed by atoms with Gasteiger partial charge in [0.2, 0.25) is 6.29 Å². The first-order chi connectivity index (χ1) is 15.2. The molecule has 0 aliphatic heterocycles. The van der Waals surface area contributed by atoms with Crippen LogP contribution in [0.3, 0.4) is 0 Å². The zero-order valence-corrected chi connectivity index (χ0v) is 22.2. The Kier molecular flexibility index (Phi) is 12.2. The predicted molar refractivity (Wildman–Crippen MR) is 133 cm³/mol. The van der Waals surface area contributed by atoms with Gasteiger partial charge >= 0.3 is 0 Å². The molecule has 1 radical (unpaired) electrons. The van der Waals surface area contributed by atoms with Crippen LogP contribution in [-0.4, -0.2) is 29.3 Å². The molecule has 0 N–H and O–H groups in total. The fraction of sp³-hybridized carbons (Fsp3) is 0.500. The summed E-state index contributed by atoms with van der Waals surface area (Å²) < 4.78 is 5.90. The van der Waals surface area contributed by atoms with E-state index < -0.39 is 0 Å². The van der Waals surface area contributed by atoms with Crippen LogP contribution in [0.4, 0.5) is 0 Å². The van der Waals surface area contributed by atoms with Crippen molar-refractivity contribution in [3.8, 4) is 0 Å². The second kappa shape index (κ2) is 14.0. The van der Waals surface area contributed by atoms with Crippen molar-refractivity contribution in [3.63, 3.8) is 0 Å². The van der Waals surface area contributed by atoms with Gasteiger partial charge in [0.05, 0.1) is 17.1 Å². The van der Waals surface area contributed by atoms with Crippen LogP contribution in [0.15, 0.2) is 62.1 Å². The third-order valence-corrected chi connectivity index (χ3v) is 4.72. The molecule has 7 heteroatoms. The molecule has 0 unspecified atom stereocenters. The average molecular weight is 492 g/mol. The van der Waals surface area contributed by atoms with Gasteiger partial charge in [0.15, 0.2) is 0 Å². The third-order valence-electron chi connectivity index (χ3n) is 4.72. The van der Waals surface area contributed by atoms with Crippen molar-refractivity contribution >= 4 is 0 Å². The van der Waals surface area contributed by atoms with E-state index in [1.807, 2.05) is 32.6 Å². The zero-order chi connectivity index (χ0) is 23.7. The smallest absolute Gasteiger partial charge is 0.227 e. The van der Waals surface area contributed by atoms with E-state index in [1.54, 1.807) is 12.2 Å². The molecule has 3 rings (SSSR count). The molecule has 3 aromatic rings. The largest absolute Gasteiger partial charge is 0.238 e. The monoisotopic (exact) mass is 491 g/mol. The summed E-state index contributed by atoms with van der Waals surface area (Å²) in [5.41, 5.74) is 3.30. The van der Waals surface area contributed by atoms with Crippen LogP contribution in [0.2, 0.25) is 0 Å². The molecule has 33 heavy (non-hydrogen) atoms. The summed E-state index contributed by atoms with van der Waals surface area (Å²) in [7, 11) is 0. The minimum atomic E-state index is -0.234. The molecule has 0 aromatic carbocycles. The maximum Gasteiger partial charge on any atom is 0.238 e. The molecule has 0 saturated heterocycles. The van der Waals surface area contributed by atoms with Gasteiger partial charge in [-0.05, 0) is 55.2 Å². The van der Waals surface area contributed by atoms with Crippen molar-refractivity contribution in [1.29, 1.82) is 0 Å². The second-order valence-electron chi connectivity index (χ2n) is 9.47. The standard InChI is InChI=1S/C22H34N6.C4H6.Mn/c1-16(2)13-19-7-10-26(23-19)22(27-11-8-20(24-27)14-17(3)4)28-12-9-21(25-28)15-18(5)6;1-3-4-2;/h7-12,16-18,22H,13-15H2,1-6H3;3-4H,1-2H2;. The SMILES string of the molecule is C=CC=C.CC(C)Cc1ccn(C(n2ccc(CC(C)C)n2)n2ccc(CC(C)C)n2)n1.[Mn]. The number of aromatic nitrogens is 6. The maximum atomic E-state index is 4.84. The molecule has 6 nitrogen and oxygen atoms in total. The first kappa shape index (κ1) is 28.7.